The lowest BCUT2D eigenvalue weighted by Crippen LogP contribution is -2.50. The third-order valence-corrected chi connectivity index (χ3v) is 4.43. The number of carbonyl (C=O) groups excluding carboxylic acids is 1. The number of hydrogen-bond donors (Lipinski definition) is 2. The zero-order chi connectivity index (χ0) is 17.8. The highest BCUT2D eigenvalue weighted by Crippen LogP contribution is 2.29. The summed E-state index contributed by atoms with van der Waals surface area (Å²) in [6.07, 6.45) is 0. The van der Waals surface area contributed by atoms with Gasteiger partial charge in [-0.1, -0.05) is 0 Å². The topological polar surface area (TPSA) is 93.7 Å². The normalized spacial score (nSPS) is 13.3. The minimum Gasteiger partial charge on any atom is -0.493 e. The fourth-order valence-electron chi connectivity index (χ4n) is 1.82. The first-order valence-electron chi connectivity index (χ1n) is 7.06. The molecule has 1 amide bonds. The lowest BCUT2D eigenvalue weighted by Gasteiger charge is -2.23. The maximum Gasteiger partial charge on any atom is 0.241 e. The molecule has 0 heterocycles. The second kappa shape index (κ2) is 7.18. The molecule has 0 saturated carbocycles. The predicted molar refractivity (Wildman–Crippen MR) is 87.2 cm³/mol. The Balaban J connectivity index is 2.97. The third-order valence-electron chi connectivity index (χ3n) is 2.89. The number of sulfonamides is 1. The van der Waals surface area contributed by atoms with E-state index in [9.17, 15) is 13.2 Å². The average molecular weight is 344 g/mol. The predicted octanol–water partition coefficient (Wildman–Crippen LogP) is 1.29. The molecule has 130 valence electrons. The van der Waals surface area contributed by atoms with Gasteiger partial charge in [-0.3, -0.25) is 4.79 Å². The fraction of sp³-hybridized carbons (Fsp3) is 0.533. The molecule has 0 radical (unpaired) electrons. The van der Waals surface area contributed by atoms with E-state index < -0.39 is 27.5 Å². The minimum absolute atomic E-state index is 0.00874. The standard InChI is InChI=1S/C15H24N2O5S/c1-10(14(18)16-15(2,3)4)17-23(19,20)11-7-8-12(21-5)13(9-11)22-6/h7-10,17H,1-6H3,(H,16,18)/t10-/m0/s1. The Labute approximate surface area is 137 Å². The molecule has 0 unspecified atom stereocenters. The number of ether oxygens (including phenoxy) is 2. The summed E-state index contributed by atoms with van der Waals surface area (Å²) >= 11 is 0. The monoisotopic (exact) mass is 344 g/mol. The molecule has 8 heteroatoms. The van der Waals surface area contributed by atoms with Crippen molar-refractivity contribution in [3.05, 3.63) is 18.2 Å². The minimum atomic E-state index is -3.86. The Bertz CT molecular complexity index is 665. The van der Waals surface area contributed by atoms with Crippen LogP contribution in [-0.2, 0) is 14.8 Å². The highest BCUT2D eigenvalue weighted by molar-refractivity contribution is 7.89. The van der Waals surface area contributed by atoms with Crippen LogP contribution in [-0.4, -0.2) is 40.1 Å². The number of benzene rings is 1. The van der Waals surface area contributed by atoms with Gasteiger partial charge in [0, 0.05) is 11.6 Å². The van der Waals surface area contributed by atoms with Crippen molar-refractivity contribution in [2.45, 2.75) is 44.2 Å². The smallest absolute Gasteiger partial charge is 0.241 e. The molecule has 2 N–H and O–H groups in total. The van der Waals surface area contributed by atoms with Gasteiger partial charge >= 0.3 is 0 Å². The van der Waals surface area contributed by atoms with Gasteiger partial charge in [-0.05, 0) is 39.8 Å². The van der Waals surface area contributed by atoms with Gasteiger partial charge in [0.25, 0.3) is 0 Å². The van der Waals surface area contributed by atoms with Gasteiger partial charge in [0.05, 0.1) is 25.2 Å². The summed E-state index contributed by atoms with van der Waals surface area (Å²) in [6, 6.07) is 3.31. The van der Waals surface area contributed by atoms with Crippen LogP contribution in [0.5, 0.6) is 11.5 Å². The van der Waals surface area contributed by atoms with Crippen molar-refractivity contribution in [1.82, 2.24) is 10.0 Å². The maximum absolute atomic E-state index is 12.4. The van der Waals surface area contributed by atoms with E-state index in [-0.39, 0.29) is 4.90 Å². The maximum atomic E-state index is 12.4. The summed E-state index contributed by atoms with van der Waals surface area (Å²) in [5, 5.41) is 2.72. The largest absolute Gasteiger partial charge is 0.493 e. The number of amides is 1. The lowest BCUT2D eigenvalue weighted by atomic mass is 10.1. The van der Waals surface area contributed by atoms with Crippen LogP contribution in [0.2, 0.25) is 0 Å². The average Bonchev–Trinajstić information content (AvgIpc) is 2.44. The van der Waals surface area contributed by atoms with Gasteiger partial charge < -0.3 is 14.8 Å². The van der Waals surface area contributed by atoms with E-state index in [0.29, 0.717) is 11.5 Å². The number of rotatable bonds is 6. The molecule has 0 aliphatic rings. The third kappa shape index (κ3) is 5.40. The first-order chi connectivity index (χ1) is 10.5. The van der Waals surface area contributed by atoms with Crippen LogP contribution in [0.4, 0.5) is 0 Å². The summed E-state index contributed by atoms with van der Waals surface area (Å²) in [4.78, 5) is 12.0. The highest BCUT2D eigenvalue weighted by atomic mass is 32.2. The molecule has 1 aromatic carbocycles. The van der Waals surface area contributed by atoms with Gasteiger partial charge in [-0.2, -0.15) is 4.72 Å². The Morgan fingerprint density at radius 2 is 1.70 bits per heavy atom. The summed E-state index contributed by atoms with van der Waals surface area (Å²) < 4.78 is 37.3. The quantitative estimate of drug-likeness (QED) is 0.811. The molecule has 1 atom stereocenters. The lowest BCUT2D eigenvalue weighted by molar-refractivity contribution is -0.123. The van der Waals surface area contributed by atoms with Crippen LogP contribution < -0.4 is 19.5 Å². The Morgan fingerprint density at radius 1 is 1.13 bits per heavy atom. The second-order valence-corrected chi connectivity index (χ2v) is 7.81. The fourth-order valence-corrected chi connectivity index (χ4v) is 3.03. The summed E-state index contributed by atoms with van der Waals surface area (Å²) in [5.74, 6) is 0.314. The number of nitrogens with one attached hydrogen (secondary N) is 2. The molecular formula is C15H24N2O5S. The molecule has 0 bridgehead atoms. The number of methoxy groups -OCH3 is 2. The van der Waals surface area contributed by atoms with Crippen molar-refractivity contribution in [2.24, 2.45) is 0 Å². The van der Waals surface area contributed by atoms with Crippen LogP contribution in [0, 0.1) is 0 Å². The molecule has 0 saturated heterocycles. The SMILES string of the molecule is COc1ccc(S(=O)(=O)N[C@@H](C)C(=O)NC(C)(C)C)cc1OC. The molecule has 0 spiro atoms. The zero-order valence-electron chi connectivity index (χ0n) is 14.3. The Kier molecular flexibility index (Phi) is 6.01. The van der Waals surface area contributed by atoms with E-state index in [1.807, 2.05) is 20.8 Å². The Morgan fingerprint density at radius 3 is 2.17 bits per heavy atom. The first-order valence-corrected chi connectivity index (χ1v) is 8.55. The van der Waals surface area contributed by atoms with Crippen molar-refractivity contribution in [3.63, 3.8) is 0 Å². The van der Waals surface area contributed by atoms with E-state index in [0.717, 1.165) is 0 Å². The molecule has 1 rings (SSSR count). The molecule has 0 aromatic heterocycles. The van der Waals surface area contributed by atoms with E-state index in [1.54, 1.807) is 0 Å². The Hall–Kier alpha value is -1.80. The van der Waals surface area contributed by atoms with E-state index in [2.05, 4.69) is 10.0 Å². The summed E-state index contributed by atoms with van der Waals surface area (Å²) in [6.45, 7) is 6.95. The van der Waals surface area contributed by atoms with Crippen LogP contribution >= 0.6 is 0 Å². The van der Waals surface area contributed by atoms with E-state index in [1.165, 1.54) is 39.3 Å². The molecule has 0 aliphatic carbocycles. The van der Waals surface area contributed by atoms with Gasteiger partial charge in [0.1, 0.15) is 0 Å². The zero-order valence-corrected chi connectivity index (χ0v) is 15.1. The van der Waals surface area contributed by atoms with Crippen LogP contribution in [0.1, 0.15) is 27.7 Å². The van der Waals surface area contributed by atoms with Crippen molar-refractivity contribution in [2.75, 3.05) is 14.2 Å². The number of carbonyl (C=O) groups is 1. The molecular weight excluding hydrogens is 320 g/mol. The molecule has 0 fully saturated rings. The van der Waals surface area contributed by atoms with Crippen LogP contribution in [0.3, 0.4) is 0 Å². The second-order valence-electron chi connectivity index (χ2n) is 6.10. The molecule has 1 aromatic rings. The highest BCUT2D eigenvalue weighted by Gasteiger charge is 2.25. The number of hydrogen-bond acceptors (Lipinski definition) is 5. The molecule has 23 heavy (non-hydrogen) atoms. The molecule has 7 nitrogen and oxygen atoms in total. The van der Waals surface area contributed by atoms with Crippen LogP contribution in [0.25, 0.3) is 0 Å². The van der Waals surface area contributed by atoms with Crippen molar-refractivity contribution >= 4 is 15.9 Å². The van der Waals surface area contributed by atoms with Crippen molar-refractivity contribution in [3.8, 4) is 11.5 Å². The van der Waals surface area contributed by atoms with Gasteiger partial charge in [-0.15, -0.1) is 0 Å². The van der Waals surface area contributed by atoms with E-state index >= 15 is 0 Å². The van der Waals surface area contributed by atoms with Gasteiger partial charge in [-0.25, -0.2) is 8.42 Å². The van der Waals surface area contributed by atoms with Crippen molar-refractivity contribution in [1.29, 1.82) is 0 Å². The van der Waals surface area contributed by atoms with Crippen molar-refractivity contribution < 1.29 is 22.7 Å². The summed E-state index contributed by atoms with van der Waals surface area (Å²) in [5.41, 5.74) is -0.444. The molecule has 0 aliphatic heterocycles. The summed E-state index contributed by atoms with van der Waals surface area (Å²) in [7, 11) is -0.985. The van der Waals surface area contributed by atoms with Crippen LogP contribution in [0.15, 0.2) is 23.1 Å². The first kappa shape index (κ1) is 19.2. The van der Waals surface area contributed by atoms with Gasteiger partial charge in [0.2, 0.25) is 15.9 Å². The van der Waals surface area contributed by atoms with E-state index in [4.69, 9.17) is 9.47 Å². The van der Waals surface area contributed by atoms with Gasteiger partial charge in [0.15, 0.2) is 11.5 Å².